The molecule has 3 aliphatic heterocycles. The summed E-state index contributed by atoms with van der Waals surface area (Å²) in [6.07, 6.45) is 7.01. The van der Waals surface area contributed by atoms with Gasteiger partial charge in [-0.05, 0) is 6.92 Å². The Balaban J connectivity index is 1.11. The molecule has 0 N–H and O–H groups in total. The number of hydrogen-bond donors (Lipinski definition) is 0. The van der Waals surface area contributed by atoms with E-state index in [4.69, 9.17) is 14.5 Å². The maximum absolute atomic E-state index is 15.8. The zero-order valence-corrected chi connectivity index (χ0v) is 31.2. The molecule has 3 fully saturated rings. The number of carbonyl (C=O) groups excluding carboxylic acids is 1. The molecule has 3 saturated heterocycles. The second kappa shape index (κ2) is 13.9. The molecular formula is C38H43AsFN7O3. The summed E-state index contributed by atoms with van der Waals surface area (Å²) in [5.74, 6) is 0.963. The molecule has 1 unspecified atom stereocenters. The van der Waals surface area contributed by atoms with Crippen LogP contribution in [-0.2, 0) is 9.53 Å². The Kier molecular flexibility index (Phi) is 9.57. The van der Waals surface area contributed by atoms with Crippen LogP contribution in [0.1, 0.15) is 45.4 Å². The molecule has 2 aromatic carbocycles. The summed E-state index contributed by atoms with van der Waals surface area (Å²) in [4.78, 5) is 30.1. The third-order valence-electron chi connectivity index (χ3n) is 10.4. The van der Waals surface area contributed by atoms with Gasteiger partial charge in [0.1, 0.15) is 0 Å². The Morgan fingerprint density at radius 3 is 2.56 bits per heavy atom. The number of para-hydroxylation sites is 1. The molecule has 5 heterocycles. The number of hydrogen-bond acceptors (Lipinski definition) is 8. The number of piperazine rings is 1. The summed E-state index contributed by atoms with van der Waals surface area (Å²) < 4.78 is 29.9. The van der Waals surface area contributed by atoms with E-state index in [1.54, 1.807) is 23.2 Å². The monoisotopic (exact) mass is 739 g/mol. The molecule has 260 valence electrons. The van der Waals surface area contributed by atoms with Crippen molar-refractivity contribution in [3.63, 3.8) is 0 Å². The van der Waals surface area contributed by atoms with E-state index >= 15 is 4.39 Å². The average molecular weight is 740 g/mol. The number of piperidine rings is 1. The number of imidazole rings is 1. The van der Waals surface area contributed by atoms with Gasteiger partial charge >= 0.3 is 240 Å². The van der Waals surface area contributed by atoms with Crippen molar-refractivity contribution in [1.82, 2.24) is 29.1 Å². The van der Waals surface area contributed by atoms with Gasteiger partial charge in [-0.25, -0.2) is 0 Å². The molecule has 2 atom stereocenters. The summed E-state index contributed by atoms with van der Waals surface area (Å²) in [5.41, 5.74) is 1.42. The number of fused-ring (bicyclic) bond motifs is 1. The van der Waals surface area contributed by atoms with Crippen molar-refractivity contribution in [3.8, 4) is 28.8 Å². The molecule has 0 saturated carbocycles. The SMILES string of the molecule is CC(C)(/C=C(/C#N)C(=O)N1CCC[C@@H](c2nc(-c3ccc(Oc4ccccc4)cc3F)c3c([AsH2])nccn23)C1)N1CCN(C2(C)COC2)CC1. The van der Waals surface area contributed by atoms with E-state index in [9.17, 15) is 10.1 Å². The average Bonchev–Trinajstić information content (AvgIpc) is 3.50. The zero-order chi connectivity index (χ0) is 35.0. The molecular weight excluding hydrogens is 696 g/mol. The van der Waals surface area contributed by atoms with E-state index in [1.165, 1.54) is 22.9 Å². The van der Waals surface area contributed by atoms with Crippen molar-refractivity contribution in [3.05, 3.63) is 84.2 Å². The molecule has 0 bridgehead atoms. The van der Waals surface area contributed by atoms with Crippen LogP contribution in [0, 0.1) is 17.1 Å². The third kappa shape index (κ3) is 6.70. The Morgan fingerprint density at radius 1 is 1.12 bits per heavy atom. The summed E-state index contributed by atoms with van der Waals surface area (Å²) in [5, 5.41) is 10.2. The number of likely N-dealkylation sites (tertiary alicyclic amines) is 1. The minimum atomic E-state index is -0.467. The van der Waals surface area contributed by atoms with Gasteiger partial charge in [-0.2, -0.15) is 0 Å². The van der Waals surface area contributed by atoms with E-state index in [0.717, 1.165) is 68.1 Å². The van der Waals surface area contributed by atoms with Gasteiger partial charge in [-0.15, -0.1) is 0 Å². The Morgan fingerprint density at radius 2 is 1.88 bits per heavy atom. The van der Waals surface area contributed by atoms with Crippen molar-refractivity contribution in [2.24, 2.45) is 0 Å². The van der Waals surface area contributed by atoms with Gasteiger partial charge in [-0.1, -0.05) is 0 Å². The normalized spacial score (nSPS) is 20.4. The van der Waals surface area contributed by atoms with Crippen LogP contribution in [0.3, 0.4) is 0 Å². The fraction of sp³-hybridized carbons (Fsp3) is 0.421. The van der Waals surface area contributed by atoms with Crippen molar-refractivity contribution in [2.75, 3.05) is 52.5 Å². The van der Waals surface area contributed by atoms with Gasteiger partial charge in [-0.3, -0.25) is 4.90 Å². The number of halogens is 1. The molecule has 0 aliphatic carbocycles. The summed E-state index contributed by atoms with van der Waals surface area (Å²) in [6, 6.07) is 16.3. The van der Waals surface area contributed by atoms with Gasteiger partial charge in [0.2, 0.25) is 0 Å². The van der Waals surface area contributed by atoms with Crippen molar-refractivity contribution < 1.29 is 18.7 Å². The molecule has 4 aromatic rings. The predicted octanol–water partition coefficient (Wildman–Crippen LogP) is 3.93. The fourth-order valence-corrected chi connectivity index (χ4v) is 8.23. The van der Waals surface area contributed by atoms with Crippen molar-refractivity contribution in [1.29, 1.82) is 5.26 Å². The van der Waals surface area contributed by atoms with Gasteiger partial charge in [0, 0.05) is 26.2 Å². The van der Waals surface area contributed by atoms with Crippen LogP contribution >= 0.6 is 0 Å². The summed E-state index contributed by atoms with van der Waals surface area (Å²) >= 11 is 1.33. The molecule has 0 radical (unpaired) electrons. The van der Waals surface area contributed by atoms with E-state index in [2.05, 4.69) is 41.6 Å². The van der Waals surface area contributed by atoms with E-state index in [-0.39, 0.29) is 22.9 Å². The molecule has 50 heavy (non-hydrogen) atoms. The molecule has 0 spiro atoms. The Labute approximate surface area is 301 Å². The molecule has 12 heteroatoms. The van der Waals surface area contributed by atoms with Crippen molar-refractivity contribution >= 4 is 32.8 Å². The Bertz CT molecular complexity index is 1960. The van der Waals surface area contributed by atoms with Gasteiger partial charge in [0.05, 0.1) is 18.8 Å². The number of amides is 1. The predicted molar refractivity (Wildman–Crippen MR) is 192 cm³/mol. The summed E-state index contributed by atoms with van der Waals surface area (Å²) in [6.45, 7) is 12.5. The minimum absolute atomic E-state index is 0.107. The van der Waals surface area contributed by atoms with E-state index in [0.29, 0.717) is 35.8 Å². The second-order valence-corrected chi connectivity index (χ2v) is 15.4. The Hall–Kier alpha value is -4.07. The van der Waals surface area contributed by atoms with Crippen LogP contribution in [0.25, 0.3) is 16.8 Å². The van der Waals surface area contributed by atoms with Crippen LogP contribution in [-0.4, -0.2) is 115 Å². The number of nitriles is 1. The van der Waals surface area contributed by atoms with Crippen LogP contribution in [0.4, 0.5) is 4.39 Å². The molecule has 2 aromatic heterocycles. The number of rotatable bonds is 8. The van der Waals surface area contributed by atoms with E-state index in [1.807, 2.05) is 47.0 Å². The van der Waals surface area contributed by atoms with Crippen LogP contribution in [0.2, 0.25) is 0 Å². The van der Waals surface area contributed by atoms with E-state index < -0.39 is 11.4 Å². The number of nitrogens with zero attached hydrogens (tertiary/aromatic N) is 7. The minimum Gasteiger partial charge on any atom is -0.377 e. The first-order valence-corrected chi connectivity index (χ1v) is 18.4. The topological polar surface area (TPSA) is 99.2 Å². The number of carbonyl (C=O) groups is 1. The third-order valence-corrected chi connectivity index (χ3v) is 11.3. The smallest absolute Gasteiger partial charge is 0.377 e. The first-order valence-electron chi connectivity index (χ1n) is 17.2. The second-order valence-electron chi connectivity index (χ2n) is 14.3. The maximum atomic E-state index is 15.8. The number of aromatic nitrogens is 3. The zero-order valence-electron chi connectivity index (χ0n) is 28.8. The van der Waals surface area contributed by atoms with Gasteiger partial charge in [0.25, 0.3) is 0 Å². The first kappa shape index (κ1) is 34.4. The number of ether oxygens (including phenoxy) is 2. The van der Waals surface area contributed by atoms with Crippen LogP contribution < -0.4 is 9.22 Å². The number of benzene rings is 2. The molecule has 1 amide bonds. The standard InChI is InChI=1S/C38H43AsFN7O3/c1-37(2,45-16-18-46(19-17-45)38(3)24-49-25-38)21-27(22-41)36(48)44-14-7-8-26(23-44)35-43-32(33-34(39)42-13-15-47(33)35)30-12-11-29(20-31(30)40)50-28-9-5-4-6-10-28/h4-6,9-13,15,20-21,26H,7-8,14,16-19,23-25,39H2,1-3H3/b27-21-/t26-/m1/s1. The molecule has 3 aliphatic rings. The van der Waals surface area contributed by atoms with Gasteiger partial charge < -0.3 is 4.74 Å². The first-order chi connectivity index (χ1) is 24.1. The molecule has 10 nitrogen and oxygen atoms in total. The fourth-order valence-electron chi connectivity index (χ4n) is 7.47. The van der Waals surface area contributed by atoms with Crippen LogP contribution in [0.15, 0.2) is 72.6 Å². The van der Waals surface area contributed by atoms with Crippen LogP contribution in [0.5, 0.6) is 11.5 Å². The van der Waals surface area contributed by atoms with Gasteiger partial charge in [0.15, 0.2) is 0 Å². The summed E-state index contributed by atoms with van der Waals surface area (Å²) in [7, 11) is 0. The van der Waals surface area contributed by atoms with Crippen molar-refractivity contribution in [2.45, 2.75) is 50.6 Å². The quantitative estimate of drug-likeness (QED) is 0.153. The molecule has 7 rings (SSSR count).